The third-order valence-corrected chi connectivity index (χ3v) is 5.68. The number of ketones is 1. The van der Waals surface area contributed by atoms with Gasteiger partial charge in [0.1, 0.15) is 5.78 Å². The molecule has 3 aliphatic rings. The molecule has 3 fully saturated rings. The van der Waals surface area contributed by atoms with E-state index in [1.807, 2.05) is 6.07 Å². The summed E-state index contributed by atoms with van der Waals surface area (Å²) in [6.45, 7) is 0.779. The predicted octanol–water partition coefficient (Wildman–Crippen LogP) is 3.64. The Morgan fingerprint density at radius 3 is 2.45 bits per heavy atom. The van der Waals surface area contributed by atoms with Crippen molar-refractivity contribution < 1.29 is 9.53 Å². The van der Waals surface area contributed by atoms with Crippen molar-refractivity contribution in [1.82, 2.24) is 0 Å². The van der Waals surface area contributed by atoms with Crippen LogP contribution in [0.2, 0.25) is 0 Å². The second kappa shape index (κ2) is 4.42. The molecule has 1 atom stereocenters. The van der Waals surface area contributed by atoms with Gasteiger partial charge in [-0.2, -0.15) is 0 Å². The number of benzene rings is 1. The number of Topliss-reactive ketones (excluding diaryl/α,β-unsaturated/α-hetero) is 1. The molecule has 0 aromatic heterocycles. The van der Waals surface area contributed by atoms with Crippen molar-refractivity contribution in [3.8, 4) is 0 Å². The molecule has 4 rings (SSSR count). The van der Waals surface area contributed by atoms with Crippen LogP contribution in [-0.2, 0) is 14.9 Å². The van der Waals surface area contributed by atoms with Crippen LogP contribution in [0.1, 0.15) is 50.5 Å². The van der Waals surface area contributed by atoms with Gasteiger partial charge >= 0.3 is 0 Å². The Bertz CT molecular complexity index is 511. The molecule has 106 valence electrons. The monoisotopic (exact) mass is 270 g/mol. The minimum Gasteiger partial charge on any atom is -0.375 e. The van der Waals surface area contributed by atoms with Gasteiger partial charge in [0.15, 0.2) is 0 Å². The zero-order valence-electron chi connectivity index (χ0n) is 11.9. The van der Waals surface area contributed by atoms with Crippen LogP contribution in [0.5, 0.6) is 0 Å². The Morgan fingerprint density at radius 2 is 1.85 bits per heavy atom. The van der Waals surface area contributed by atoms with Gasteiger partial charge in [0.05, 0.1) is 11.0 Å². The molecule has 1 aromatic rings. The summed E-state index contributed by atoms with van der Waals surface area (Å²) in [5.41, 5.74) is 1.17. The van der Waals surface area contributed by atoms with Gasteiger partial charge in [-0.1, -0.05) is 30.3 Å². The molecule has 0 radical (unpaired) electrons. The molecule has 20 heavy (non-hydrogen) atoms. The first-order chi connectivity index (χ1) is 9.74. The molecule has 1 heterocycles. The van der Waals surface area contributed by atoms with Crippen molar-refractivity contribution in [2.75, 3.05) is 6.61 Å². The highest BCUT2D eigenvalue weighted by Gasteiger charge is 2.55. The highest BCUT2D eigenvalue weighted by atomic mass is 16.5. The summed E-state index contributed by atoms with van der Waals surface area (Å²) in [5, 5.41) is 0. The molecule has 2 heteroatoms. The SMILES string of the molecule is O=C(C1CCOC2(CCC2)C1)C1(c2ccccc2)CC1. The fourth-order valence-corrected chi connectivity index (χ4v) is 4.12. The van der Waals surface area contributed by atoms with Crippen molar-refractivity contribution in [1.29, 1.82) is 0 Å². The second-order valence-corrected chi connectivity index (χ2v) is 6.89. The fraction of sp³-hybridized carbons (Fsp3) is 0.611. The summed E-state index contributed by atoms with van der Waals surface area (Å²) < 4.78 is 5.97. The van der Waals surface area contributed by atoms with E-state index in [0.29, 0.717) is 5.78 Å². The van der Waals surface area contributed by atoms with Crippen LogP contribution < -0.4 is 0 Å². The first-order valence-corrected chi connectivity index (χ1v) is 7.98. The summed E-state index contributed by atoms with van der Waals surface area (Å²) in [6.07, 6.45) is 7.57. The maximum Gasteiger partial charge on any atom is 0.146 e. The van der Waals surface area contributed by atoms with Gasteiger partial charge in [-0.05, 0) is 50.5 Å². The molecule has 0 amide bonds. The molecule has 1 saturated heterocycles. The lowest BCUT2D eigenvalue weighted by atomic mass is 9.69. The molecule has 1 spiro atoms. The van der Waals surface area contributed by atoms with Gasteiger partial charge < -0.3 is 4.74 Å². The van der Waals surface area contributed by atoms with Crippen molar-refractivity contribution in [2.45, 2.75) is 56.0 Å². The zero-order valence-corrected chi connectivity index (χ0v) is 11.9. The lowest BCUT2D eigenvalue weighted by Gasteiger charge is -2.47. The topological polar surface area (TPSA) is 26.3 Å². The molecule has 2 aliphatic carbocycles. The Morgan fingerprint density at radius 1 is 1.10 bits per heavy atom. The van der Waals surface area contributed by atoms with E-state index in [1.165, 1.54) is 12.0 Å². The Hall–Kier alpha value is -1.15. The minimum absolute atomic E-state index is 0.0747. The number of hydrogen-bond donors (Lipinski definition) is 0. The molecule has 2 nitrogen and oxygen atoms in total. The van der Waals surface area contributed by atoms with E-state index in [9.17, 15) is 4.79 Å². The van der Waals surface area contributed by atoms with Crippen LogP contribution in [0.15, 0.2) is 30.3 Å². The molecule has 1 aliphatic heterocycles. The first kappa shape index (κ1) is 12.6. The summed E-state index contributed by atoms with van der Waals surface area (Å²) in [5.74, 6) is 0.727. The van der Waals surface area contributed by atoms with Crippen LogP contribution in [0.25, 0.3) is 0 Å². The standard InChI is InChI=1S/C18H22O2/c19-16(14-7-12-20-17(13-14)8-4-9-17)18(10-11-18)15-5-2-1-3-6-15/h1-3,5-6,14H,4,7-13H2. The molecule has 0 N–H and O–H groups in total. The Labute approximate surface area is 120 Å². The zero-order chi connectivity index (χ0) is 13.6. The maximum absolute atomic E-state index is 13.1. The Kier molecular flexibility index (Phi) is 2.78. The van der Waals surface area contributed by atoms with Crippen molar-refractivity contribution in [3.63, 3.8) is 0 Å². The third-order valence-electron chi connectivity index (χ3n) is 5.68. The van der Waals surface area contributed by atoms with Gasteiger partial charge in [-0.25, -0.2) is 0 Å². The van der Waals surface area contributed by atoms with E-state index in [1.54, 1.807) is 0 Å². The van der Waals surface area contributed by atoms with Crippen molar-refractivity contribution >= 4 is 5.78 Å². The van der Waals surface area contributed by atoms with Gasteiger partial charge in [0.25, 0.3) is 0 Å². The van der Waals surface area contributed by atoms with Gasteiger partial charge in [-0.15, -0.1) is 0 Å². The average Bonchev–Trinajstić information content (AvgIpc) is 3.28. The van der Waals surface area contributed by atoms with Gasteiger partial charge in [-0.3, -0.25) is 4.79 Å². The summed E-state index contributed by atoms with van der Waals surface area (Å²) in [4.78, 5) is 13.1. The largest absolute Gasteiger partial charge is 0.375 e. The molecule has 0 bridgehead atoms. The third kappa shape index (κ3) is 1.85. The van der Waals surface area contributed by atoms with E-state index in [2.05, 4.69) is 24.3 Å². The van der Waals surface area contributed by atoms with Gasteiger partial charge in [0.2, 0.25) is 0 Å². The van der Waals surface area contributed by atoms with E-state index in [4.69, 9.17) is 4.74 Å². The molecule has 1 unspecified atom stereocenters. The van der Waals surface area contributed by atoms with Crippen LogP contribution in [0.4, 0.5) is 0 Å². The summed E-state index contributed by atoms with van der Waals surface area (Å²) >= 11 is 0. The normalized spacial score (nSPS) is 29.7. The molecular formula is C18H22O2. The first-order valence-electron chi connectivity index (χ1n) is 7.98. The molecule has 1 aromatic carbocycles. The Balaban J connectivity index is 1.55. The summed E-state index contributed by atoms with van der Waals surface area (Å²) in [6, 6.07) is 10.4. The van der Waals surface area contributed by atoms with E-state index >= 15 is 0 Å². The molecular weight excluding hydrogens is 248 g/mol. The number of carbonyl (C=O) groups is 1. The average molecular weight is 270 g/mol. The van der Waals surface area contributed by atoms with E-state index in [-0.39, 0.29) is 16.9 Å². The molecule has 2 saturated carbocycles. The van der Waals surface area contributed by atoms with Gasteiger partial charge in [0, 0.05) is 12.5 Å². The maximum atomic E-state index is 13.1. The quantitative estimate of drug-likeness (QED) is 0.838. The fourth-order valence-electron chi connectivity index (χ4n) is 4.12. The van der Waals surface area contributed by atoms with Crippen LogP contribution >= 0.6 is 0 Å². The number of hydrogen-bond acceptors (Lipinski definition) is 2. The van der Waals surface area contributed by atoms with Crippen molar-refractivity contribution in [3.05, 3.63) is 35.9 Å². The van der Waals surface area contributed by atoms with Crippen LogP contribution in [-0.4, -0.2) is 18.0 Å². The lowest BCUT2D eigenvalue weighted by molar-refractivity contribution is -0.157. The minimum atomic E-state index is -0.145. The number of rotatable bonds is 3. The van der Waals surface area contributed by atoms with E-state index in [0.717, 1.165) is 45.1 Å². The van der Waals surface area contributed by atoms with Crippen molar-refractivity contribution in [2.24, 2.45) is 5.92 Å². The smallest absolute Gasteiger partial charge is 0.146 e. The van der Waals surface area contributed by atoms with Crippen LogP contribution in [0.3, 0.4) is 0 Å². The van der Waals surface area contributed by atoms with E-state index < -0.39 is 0 Å². The van der Waals surface area contributed by atoms with Crippen LogP contribution in [0, 0.1) is 5.92 Å². The number of ether oxygens (including phenoxy) is 1. The lowest BCUT2D eigenvalue weighted by Crippen LogP contribution is -2.48. The second-order valence-electron chi connectivity index (χ2n) is 6.89. The predicted molar refractivity (Wildman–Crippen MR) is 77.6 cm³/mol. The highest BCUT2D eigenvalue weighted by Crippen LogP contribution is 2.53. The number of carbonyl (C=O) groups excluding carboxylic acids is 1. The highest BCUT2D eigenvalue weighted by molar-refractivity contribution is 5.95. The summed E-state index contributed by atoms with van der Waals surface area (Å²) in [7, 11) is 0.